The lowest BCUT2D eigenvalue weighted by atomic mass is 10.0. The van der Waals surface area contributed by atoms with E-state index in [9.17, 15) is 14.4 Å². The summed E-state index contributed by atoms with van der Waals surface area (Å²) < 4.78 is 1.79. The number of aryl methyl sites for hydroxylation is 2. The summed E-state index contributed by atoms with van der Waals surface area (Å²) >= 11 is 0. The van der Waals surface area contributed by atoms with Gasteiger partial charge in [-0.3, -0.25) is 24.4 Å². The third-order valence-electron chi connectivity index (χ3n) is 3.84. The Hall–Kier alpha value is -2.18. The second-order valence-corrected chi connectivity index (χ2v) is 5.34. The van der Waals surface area contributed by atoms with Gasteiger partial charge in [0.1, 0.15) is 6.04 Å². The third kappa shape index (κ3) is 3.48. The van der Waals surface area contributed by atoms with Crippen LogP contribution in [-0.2, 0) is 27.9 Å². The molecule has 1 aliphatic rings. The number of aromatic nitrogens is 2. The zero-order valence-electron chi connectivity index (χ0n) is 12.5. The van der Waals surface area contributed by atoms with Crippen molar-refractivity contribution >= 4 is 17.7 Å². The molecule has 1 fully saturated rings. The van der Waals surface area contributed by atoms with Gasteiger partial charge in [0.25, 0.3) is 0 Å². The van der Waals surface area contributed by atoms with Crippen molar-refractivity contribution in [2.75, 3.05) is 0 Å². The first-order chi connectivity index (χ1) is 9.88. The number of hydrogen-bond donors (Lipinski definition) is 2. The van der Waals surface area contributed by atoms with Crippen molar-refractivity contribution in [3.8, 4) is 0 Å². The predicted molar refractivity (Wildman–Crippen MR) is 75.3 cm³/mol. The molecule has 7 nitrogen and oxygen atoms in total. The highest BCUT2D eigenvalue weighted by Gasteiger charge is 2.27. The van der Waals surface area contributed by atoms with E-state index < -0.39 is 11.9 Å². The molecule has 7 heteroatoms. The molecule has 0 aliphatic carbocycles. The highest BCUT2D eigenvalue weighted by atomic mass is 16.2. The normalized spacial score (nSPS) is 18.5. The summed E-state index contributed by atoms with van der Waals surface area (Å²) in [6.07, 6.45) is 1.51. The Kier molecular flexibility index (Phi) is 4.40. The van der Waals surface area contributed by atoms with Crippen LogP contribution in [0.25, 0.3) is 0 Å². The summed E-state index contributed by atoms with van der Waals surface area (Å²) in [4.78, 5) is 34.5. The summed E-state index contributed by atoms with van der Waals surface area (Å²) in [5, 5.41) is 9.21. The molecular weight excluding hydrogens is 272 g/mol. The van der Waals surface area contributed by atoms with Crippen LogP contribution < -0.4 is 10.6 Å². The molecular formula is C14H20N4O3. The molecule has 21 heavy (non-hydrogen) atoms. The van der Waals surface area contributed by atoms with E-state index in [1.165, 1.54) is 0 Å². The van der Waals surface area contributed by atoms with Gasteiger partial charge < -0.3 is 5.32 Å². The number of hydrogen-bond acceptors (Lipinski definition) is 4. The number of rotatable bonds is 4. The van der Waals surface area contributed by atoms with Crippen LogP contribution in [0.4, 0.5) is 0 Å². The van der Waals surface area contributed by atoms with Gasteiger partial charge in [0.2, 0.25) is 17.7 Å². The van der Waals surface area contributed by atoms with E-state index in [1.807, 2.05) is 20.9 Å². The molecule has 114 valence electrons. The Bertz CT molecular complexity index is 591. The maximum absolute atomic E-state index is 11.9. The predicted octanol–water partition coefficient (Wildman–Crippen LogP) is -0.109. The standard InChI is InChI=1S/C14H20N4O3/c1-8-10(9(2)18(3)17-8)4-6-12(19)15-11-5-7-13(20)16-14(11)21/h11H,4-7H2,1-3H3,(H,15,19)(H,16,20,21). The van der Waals surface area contributed by atoms with Crippen LogP contribution in [0.1, 0.15) is 36.2 Å². The molecule has 0 bridgehead atoms. The summed E-state index contributed by atoms with van der Waals surface area (Å²) in [5.74, 6) is -0.896. The molecule has 1 saturated heterocycles. The lowest BCUT2D eigenvalue weighted by Crippen LogP contribution is -2.52. The Labute approximate surface area is 123 Å². The number of imide groups is 1. The zero-order chi connectivity index (χ0) is 15.6. The van der Waals surface area contributed by atoms with E-state index in [4.69, 9.17) is 0 Å². The monoisotopic (exact) mass is 292 g/mol. The molecule has 1 aliphatic heterocycles. The second-order valence-electron chi connectivity index (χ2n) is 5.34. The Morgan fingerprint density at radius 3 is 2.71 bits per heavy atom. The highest BCUT2D eigenvalue weighted by Crippen LogP contribution is 2.14. The molecule has 1 aromatic heterocycles. The van der Waals surface area contributed by atoms with Crippen molar-refractivity contribution in [2.45, 2.75) is 45.6 Å². The highest BCUT2D eigenvalue weighted by molar-refractivity contribution is 6.01. The van der Waals surface area contributed by atoms with Gasteiger partial charge in [-0.05, 0) is 32.3 Å². The van der Waals surface area contributed by atoms with Crippen molar-refractivity contribution < 1.29 is 14.4 Å². The molecule has 1 aromatic rings. The Balaban J connectivity index is 1.88. The summed E-state index contributed by atoms with van der Waals surface area (Å²) in [7, 11) is 1.87. The minimum atomic E-state index is -0.605. The van der Waals surface area contributed by atoms with E-state index in [2.05, 4.69) is 15.7 Å². The maximum atomic E-state index is 11.9. The lowest BCUT2D eigenvalue weighted by molar-refractivity contribution is -0.137. The van der Waals surface area contributed by atoms with Gasteiger partial charge in [-0.2, -0.15) is 5.10 Å². The smallest absolute Gasteiger partial charge is 0.249 e. The molecule has 0 radical (unpaired) electrons. The van der Waals surface area contributed by atoms with Crippen molar-refractivity contribution in [3.63, 3.8) is 0 Å². The van der Waals surface area contributed by atoms with Crippen molar-refractivity contribution in [3.05, 3.63) is 17.0 Å². The summed E-state index contributed by atoms with van der Waals surface area (Å²) in [6, 6.07) is -0.605. The molecule has 2 rings (SSSR count). The molecule has 0 saturated carbocycles. The fourth-order valence-electron chi connectivity index (χ4n) is 2.52. The fourth-order valence-corrected chi connectivity index (χ4v) is 2.52. The van der Waals surface area contributed by atoms with Crippen molar-refractivity contribution in [1.82, 2.24) is 20.4 Å². The quantitative estimate of drug-likeness (QED) is 0.757. The summed E-state index contributed by atoms with van der Waals surface area (Å²) in [6.45, 7) is 3.88. The van der Waals surface area contributed by atoms with Gasteiger partial charge in [0.05, 0.1) is 5.69 Å². The lowest BCUT2D eigenvalue weighted by Gasteiger charge is -2.21. The maximum Gasteiger partial charge on any atom is 0.249 e. The Morgan fingerprint density at radius 1 is 1.43 bits per heavy atom. The van der Waals surface area contributed by atoms with Gasteiger partial charge in [-0.15, -0.1) is 0 Å². The molecule has 1 atom stereocenters. The largest absolute Gasteiger partial charge is 0.344 e. The van der Waals surface area contributed by atoms with Gasteiger partial charge >= 0.3 is 0 Å². The van der Waals surface area contributed by atoms with Gasteiger partial charge in [-0.1, -0.05) is 0 Å². The van der Waals surface area contributed by atoms with E-state index in [0.29, 0.717) is 19.3 Å². The van der Waals surface area contributed by atoms with Crippen LogP contribution in [-0.4, -0.2) is 33.5 Å². The number of amides is 3. The first-order valence-corrected chi connectivity index (χ1v) is 7.00. The van der Waals surface area contributed by atoms with Crippen LogP contribution in [0.2, 0.25) is 0 Å². The average Bonchev–Trinajstić information content (AvgIpc) is 2.65. The van der Waals surface area contributed by atoms with E-state index in [0.717, 1.165) is 17.0 Å². The molecule has 0 aromatic carbocycles. The van der Waals surface area contributed by atoms with E-state index >= 15 is 0 Å². The topological polar surface area (TPSA) is 93.1 Å². The first kappa shape index (κ1) is 15.2. The van der Waals surface area contributed by atoms with Gasteiger partial charge in [0, 0.05) is 25.6 Å². The number of nitrogens with zero attached hydrogens (tertiary/aromatic N) is 2. The van der Waals surface area contributed by atoms with Crippen LogP contribution in [0.3, 0.4) is 0 Å². The molecule has 2 heterocycles. The SMILES string of the molecule is Cc1nn(C)c(C)c1CCC(=O)NC1CCC(=O)NC1=O. The van der Waals surface area contributed by atoms with Gasteiger partial charge in [0.15, 0.2) is 0 Å². The van der Waals surface area contributed by atoms with Crippen LogP contribution in [0.15, 0.2) is 0 Å². The second kappa shape index (κ2) is 6.07. The van der Waals surface area contributed by atoms with Crippen LogP contribution in [0, 0.1) is 13.8 Å². The average molecular weight is 292 g/mol. The van der Waals surface area contributed by atoms with Crippen LogP contribution >= 0.6 is 0 Å². The Morgan fingerprint density at radius 2 is 2.14 bits per heavy atom. The first-order valence-electron chi connectivity index (χ1n) is 7.00. The zero-order valence-corrected chi connectivity index (χ0v) is 12.5. The number of carbonyl (C=O) groups is 3. The number of piperidine rings is 1. The van der Waals surface area contributed by atoms with Crippen LogP contribution in [0.5, 0.6) is 0 Å². The van der Waals surface area contributed by atoms with E-state index in [1.54, 1.807) is 4.68 Å². The van der Waals surface area contributed by atoms with Crippen molar-refractivity contribution in [2.24, 2.45) is 7.05 Å². The fraction of sp³-hybridized carbons (Fsp3) is 0.571. The summed E-state index contributed by atoms with van der Waals surface area (Å²) in [5.41, 5.74) is 3.03. The minimum Gasteiger partial charge on any atom is -0.344 e. The molecule has 0 spiro atoms. The van der Waals surface area contributed by atoms with Gasteiger partial charge in [-0.25, -0.2) is 0 Å². The van der Waals surface area contributed by atoms with E-state index in [-0.39, 0.29) is 18.2 Å². The number of carbonyl (C=O) groups excluding carboxylic acids is 3. The minimum absolute atomic E-state index is 0.188. The van der Waals surface area contributed by atoms with Crippen molar-refractivity contribution in [1.29, 1.82) is 0 Å². The number of nitrogens with one attached hydrogen (secondary N) is 2. The third-order valence-corrected chi connectivity index (χ3v) is 3.84. The molecule has 2 N–H and O–H groups in total. The molecule has 1 unspecified atom stereocenters. The molecule has 3 amide bonds.